The van der Waals surface area contributed by atoms with Gasteiger partial charge in [0, 0.05) is 17.7 Å². The second kappa shape index (κ2) is 9.00. The Morgan fingerprint density at radius 3 is 2.79 bits per heavy atom. The van der Waals surface area contributed by atoms with Gasteiger partial charge in [0.05, 0.1) is 24.4 Å². The van der Waals surface area contributed by atoms with E-state index in [0.717, 1.165) is 12.6 Å². The molecule has 34 heavy (non-hydrogen) atoms. The lowest BCUT2D eigenvalue weighted by molar-refractivity contribution is -0.141. The van der Waals surface area contributed by atoms with Crippen LogP contribution in [0.15, 0.2) is 53.4 Å². The van der Waals surface area contributed by atoms with Crippen molar-refractivity contribution >= 4 is 11.8 Å². The third kappa shape index (κ3) is 4.24. The second-order valence-electron chi connectivity index (χ2n) is 8.07. The maximum absolute atomic E-state index is 14.5. The molecule has 0 aliphatic heterocycles. The van der Waals surface area contributed by atoms with Gasteiger partial charge in [-0.3, -0.25) is 9.48 Å². The minimum atomic E-state index is -0.922. The van der Waals surface area contributed by atoms with E-state index in [1.54, 1.807) is 35.0 Å². The molecular weight excluding hydrogens is 446 g/mol. The normalized spacial score (nSPS) is 17.7. The van der Waals surface area contributed by atoms with Crippen LogP contribution in [0.5, 0.6) is 0 Å². The van der Waals surface area contributed by atoms with Crippen molar-refractivity contribution in [1.82, 2.24) is 24.9 Å². The van der Waals surface area contributed by atoms with Gasteiger partial charge in [0.1, 0.15) is 23.5 Å². The van der Waals surface area contributed by atoms with Crippen molar-refractivity contribution in [3.63, 3.8) is 0 Å². The van der Waals surface area contributed by atoms with Crippen LogP contribution in [0.4, 0.5) is 14.6 Å². The number of carboxylic acids is 1. The number of halogens is 2. The molecule has 11 heteroatoms. The molecule has 2 N–H and O–H groups in total. The molecule has 174 valence electrons. The van der Waals surface area contributed by atoms with Gasteiger partial charge in [-0.1, -0.05) is 29.8 Å². The summed E-state index contributed by atoms with van der Waals surface area (Å²) in [6.45, 7) is 0.115. The molecule has 5 rings (SSSR count). The molecule has 2 atom stereocenters. The van der Waals surface area contributed by atoms with Crippen LogP contribution in [0.1, 0.15) is 24.8 Å². The van der Waals surface area contributed by atoms with Gasteiger partial charge in [-0.25, -0.2) is 18.7 Å². The number of anilines is 1. The maximum Gasteiger partial charge on any atom is 0.308 e. The quantitative estimate of drug-likeness (QED) is 0.420. The lowest BCUT2D eigenvalue weighted by Crippen LogP contribution is -2.30. The first kappa shape index (κ1) is 21.7. The number of carbonyl (C=O) groups is 1. The van der Waals surface area contributed by atoms with Gasteiger partial charge in [0.2, 0.25) is 0 Å². The molecule has 0 spiro atoms. The summed E-state index contributed by atoms with van der Waals surface area (Å²) < 4.78 is 35.2. The number of carboxylic acid groups (broad SMARTS) is 1. The Morgan fingerprint density at radius 1 is 1.18 bits per heavy atom. The Bertz CT molecular complexity index is 1320. The van der Waals surface area contributed by atoms with Gasteiger partial charge in [-0.2, -0.15) is 5.10 Å². The minimum Gasteiger partial charge on any atom is -0.481 e. The van der Waals surface area contributed by atoms with E-state index in [9.17, 15) is 18.7 Å². The zero-order chi connectivity index (χ0) is 23.7. The number of nitrogens with one attached hydrogen (secondary N) is 1. The summed E-state index contributed by atoms with van der Waals surface area (Å²) in [5.74, 6) is -2.56. The molecule has 1 saturated carbocycles. The van der Waals surface area contributed by atoms with Gasteiger partial charge in [0.15, 0.2) is 17.5 Å². The van der Waals surface area contributed by atoms with Crippen LogP contribution in [-0.4, -0.2) is 42.0 Å². The highest BCUT2D eigenvalue weighted by atomic mass is 19.1. The molecule has 0 bridgehead atoms. The predicted octanol–water partition coefficient (Wildman–Crippen LogP) is 3.99. The first-order chi connectivity index (χ1) is 16.5. The first-order valence-corrected chi connectivity index (χ1v) is 10.7. The highest BCUT2D eigenvalue weighted by Crippen LogP contribution is 2.30. The van der Waals surface area contributed by atoms with E-state index in [4.69, 9.17) is 4.52 Å². The SMILES string of the molecule is O=C(O)C1CCCC1Nc1nc(-c2cc(-c3ccon3)n(Cc3ccccc3F)n2)ncc1F. The topological polar surface area (TPSA) is 119 Å². The Balaban J connectivity index is 1.49. The average molecular weight is 466 g/mol. The van der Waals surface area contributed by atoms with Gasteiger partial charge in [-0.15, -0.1) is 0 Å². The predicted molar refractivity (Wildman–Crippen MR) is 117 cm³/mol. The molecule has 4 aromatic rings. The third-order valence-electron chi connectivity index (χ3n) is 5.89. The van der Waals surface area contributed by atoms with Crippen LogP contribution in [0.2, 0.25) is 0 Å². The van der Waals surface area contributed by atoms with Crippen molar-refractivity contribution in [3.8, 4) is 22.9 Å². The molecule has 3 aromatic heterocycles. The van der Waals surface area contributed by atoms with E-state index in [0.29, 0.717) is 35.5 Å². The van der Waals surface area contributed by atoms with Crippen LogP contribution < -0.4 is 5.32 Å². The van der Waals surface area contributed by atoms with Crippen molar-refractivity contribution in [2.45, 2.75) is 31.8 Å². The van der Waals surface area contributed by atoms with Gasteiger partial charge in [-0.05, 0) is 25.0 Å². The lowest BCUT2D eigenvalue weighted by Gasteiger charge is -2.18. The van der Waals surface area contributed by atoms with Crippen LogP contribution in [-0.2, 0) is 11.3 Å². The van der Waals surface area contributed by atoms with E-state index >= 15 is 0 Å². The fourth-order valence-electron chi connectivity index (χ4n) is 4.18. The fraction of sp³-hybridized carbons (Fsp3) is 0.261. The zero-order valence-electron chi connectivity index (χ0n) is 17.9. The number of aliphatic carboxylic acids is 1. The molecular formula is C23H20F2N6O3. The molecule has 3 heterocycles. The summed E-state index contributed by atoms with van der Waals surface area (Å²) in [5, 5.41) is 20.8. The van der Waals surface area contributed by atoms with Crippen LogP contribution in [0.3, 0.4) is 0 Å². The molecule has 0 radical (unpaired) electrons. The van der Waals surface area contributed by atoms with E-state index < -0.39 is 23.7 Å². The standard InChI is InChI=1S/C23H20F2N6O3/c24-15-6-2-1-4-13(15)12-31-20(18-8-9-34-30-18)10-19(29-31)22-26-11-16(25)21(28-22)27-17-7-3-5-14(17)23(32)33/h1-2,4,6,8-11,14,17H,3,5,7,12H2,(H,32,33)(H,26,27,28). The van der Waals surface area contributed by atoms with Crippen molar-refractivity contribution in [2.24, 2.45) is 5.92 Å². The smallest absolute Gasteiger partial charge is 0.308 e. The Labute approximate surface area is 192 Å². The molecule has 1 fully saturated rings. The summed E-state index contributed by atoms with van der Waals surface area (Å²) in [6.07, 6.45) is 4.28. The number of hydrogen-bond donors (Lipinski definition) is 2. The van der Waals surface area contributed by atoms with Crippen molar-refractivity contribution in [1.29, 1.82) is 0 Å². The number of benzene rings is 1. The van der Waals surface area contributed by atoms with E-state index in [2.05, 4.69) is 25.5 Å². The van der Waals surface area contributed by atoms with E-state index in [-0.39, 0.29) is 24.0 Å². The van der Waals surface area contributed by atoms with Crippen LogP contribution in [0, 0.1) is 17.6 Å². The largest absolute Gasteiger partial charge is 0.481 e. The Kier molecular flexibility index (Phi) is 5.74. The molecule has 9 nitrogen and oxygen atoms in total. The monoisotopic (exact) mass is 466 g/mol. The average Bonchev–Trinajstić information content (AvgIpc) is 3.57. The molecule has 2 unspecified atom stereocenters. The summed E-state index contributed by atoms with van der Waals surface area (Å²) in [6, 6.07) is 9.22. The van der Waals surface area contributed by atoms with Crippen LogP contribution in [0.25, 0.3) is 22.9 Å². The van der Waals surface area contributed by atoms with Crippen LogP contribution >= 0.6 is 0 Å². The summed E-state index contributed by atoms with van der Waals surface area (Å²) >= 11 is 0. The zero-order valence-corrected chi connectivity index (χ0v) is 17.9. The Morgan fingerprint density at radius 2 is 2.03 bits per heavy atom. The van der Waals surface area contributed by atoms with Gasteiger partial charge >= 0.3 is 5.97 Å². The molecule has 1 aliphatic rings. The second-order valence-corrected chi connectivity index (χ2v) is 8.07. The molecule has 0 saturated heterocycles. The van der Waals surface area contributed by atoms with E-state index in [1.807, 2.05) is 0 Å². The van der Waals surface area contributed by atoms with Crippen molar-refractivity contribution in [3.05, 3.63) is 66.1 Å². The summed E-state index contributed by atoms with van der Waals surface area (Å²) in [5.41, 5.74) is 1.76. The number of aromatic nitrogens is 5. The number of nitrogens with zero attached hydrogens (tertiary/aromatic N) is 5. The highest BCUT2D eigenvalue weighted by Gasteiger charge is 2.33. The summed E-state index contributed by atoms with van der Waals surface area (Å²) in [7, 11) is 0. The Hall–Kier alpha value is -4.15. The first-order valence-electron chi connectivity index (χ1n) is 10.7. The molecule has 0 amide bonds. The molecule has 1 aromatic carbocycles. The minimum absolute atomic E-state index is 0.0882. The summed E-state index contributed by atoms with van der Waals surface area (Å²) in [4.78, 5) is 19.8. The third-order valence-corrected chi connectivity index (χ3v) is 5.89. The van der Waals surface area contributed by atoms with E-state index in [1.165, 1.54) is 12.3 Å². The fourth-order valence-corrected chi connectivity index (χ4v) is 4.18. The highest BCUT2D eigenvalue weighted by molar-refractivity contribution is 5.72. The van der Waals surface area contributed by atoms with Crippen molar-refractivity contribution < 1.29 is 23.2 Å². The number of rotatable bonds is 7. The van der Waals surface area contributed by atoms with Gasteiger partial charge in [0.25, 0.3) is 0 Å². The van der Waals surface area contributed by atoms with Gasteiger partial charge < -0.3 is 14.9 Å². The number of hydrogen-bond acceptors (Lipinski definition) is 7. The lowest BCUT2D eigenvalue weighted by atomic mass is 10.0. The van der Waals surface area contributed by atoms with Crippen molar-refractivity contribution in [2.75, 3.05) is 5.32 Å². The maximum atomic E-state index is 14.5. The molecule has 1 aliphatic carbocycles.